The zero-order chi connectivity index (χ0) is 14.1. The number of alkyl halides is 4. The number of halogens is 4. The van der Waals surface area contributed by atoms with Crippen molar-refractivity contribution in [3.05, 3.63) is 5.82 Å². The molecule has 0 spiro atoms. The molecule has 0 saturated heterocycles. The number of rotatable bonds is 3. The molecule has 3 nitrogen and oxygen atoms in total. The van der Waals surface area contributed by atoms with Crippen LogP contribution < -0.4 is 5.32 Å². The second-order valence-corrected chi connectivity index (χ2v) is 6.16. The largest absolute Gasteiger partial charge is 0.452 e. The average molecular weight is 314 g/mol. The summed E-state index contributed by atoms with van der Waals surface area (Å²) in [4.78, 5) is 3.50. The van der Waals surface area contributed by atoms with E-state index in [4.69, 9.17) is 11.6 Å². The summed E-state index contributed by atoms with van der Waals surface area (Å²) in [5.74, 6) is -0.0899. The molecule has 1 heterocycles. The molecule has 0 atom stereocenters. The lowest BCUT2D eigenvalue weighted by atomic mass is 9.78. The van der Waals surface area contributed by atoms with Crippen molar-refractivity contribution in [2.75, 3.05) is 11.2 Å². The number of aromatic nitrogens is 2. The molecule has 8 heteroatoms. The molecule has 0 aliphatic heterocycles. The molecule has 1 saturated carbocycles. The van der Waals surface area contributed by atoms with Gasteiger partial charge in [0.1, 0.15) is 0 Å². The first-order chi connectivity index (χ1) is 8.85. The van der Waals surface area contributed by atoms with Gasteiger partial charge in [-0.25, -0.2) is 0 Å². The molecular formula is C11H15ClF3N3S. The maximum Gasteiger partial charge on any atom is 0.452 e. The summed E-state index contributed by atoms with van der Waals surface area (Å²) < 4.78 is 40.6. The van der Waals surface area contributed by atoms with Gasteiger partial charge in [-0.2, -0.15) is 22.5 Å². The summed E-state index contributed by atoms with van der Waals surface area (Å²) >= 11 is 6.74. The van der Waals surface area contributed by atoms with Gasteiger partial charge < -0.3 is 5.32 Å². The lowest BCUT2D eigenvalue weighted by Crippen LogP contribution is -2.43. The Morgan fingerprint density at radius 3 is 2.53 bits per heavy atom. The maximum absolute atomic E-state index is 12.4. The fraction of sp³-hybridized carbons (Fsp3) is 0.818. The van der Waals surface area contributed by atoms with Crippen LogP contribution in [0.4, 0.5) is 18.3 Å². The lowest BCUT2D eigenvalue weighted by Gasteiger charge is -2.38. The molecule has 1 fully saturated rings. The van der Waals surface area contributed by atoms with Crippen LogP contribution in [0.25, 0.3) is 0 Å². The number of anilines is 1. The summed E-state index contributed by atoms with van der Waals surface area (Å²) in [5.41, 5.74) is -0.351. The molecule has 1 aromatic heterocycles. The van der Waals surface area contributed by atoms with Gasteiger partial charge in [0.2, 0.25) is 11.0 Å². The molecule has 0 amide bonds. The smallest absolute Gasteiger partial charge is 0.354 e. The Balaban J connectivity index is 2.08. The fourth-order valence-electron chi connectivity index (χ4n) is 2.22. The van der Waals surface area contributed by atoms with E-state index in [1.165, 1.54) is 0 Å². The van der Waals surface area contributed by atoms with E-state index in [2.05, 4.69) is 21.6 Å². The van der Waals surface area contributed by atoms with Crippen molar-refractivity contribution in [3.63, 3.8) is 0 Å². The van der Waals surface area contributed by atoms with E-state index in [1.807, 2.05) is 0 Å². The third-order valence-electron chi connectivity index (χ3n) is 3.54. The van der Waals surface area contributed by atoms with Gasteiger partial charge in [-0.1, -0.05) is 6.92 Å². The molecule has 1 N–H and O–H groups in total. The van der Waals surface area contributed by atoms with Crippen LogP contribution in [0.3, 0.4) is 0 Å². The summed E-state index contributed by atoms with van der Waals surface area (Å²) in [6.07, 6.45) is -0.766. The van der Waals surface area contributed by atoms with Gasteiger partial charge in [0.15, 0.2) is 0 Å². The van der Waals surface area contributed by atoms with E-state index < -0.39 is 12.0 Å². The Morgan fingerprint density at radius 1 is 1.42 bits per heavy atom. The highest BCUT2D eigenvalue weighted by atomic mass is 35.5. The number of nitrogens with zero attached hydrogens (tertiary/aromatic N) is 2. The Morgan fingerprint density at radius 2 is 2.05 bits per heavy atom. The topological polar surface area (TPSA) is 37.8 Å². The molecule has 0 radical (unpaired) electrons. The van der Waals surface area contributed by atoms with Crippen molar-refractivity contribution < 1.29 is 13.2 Å². The van der Waals surface area contributed by atoms with Crippen molar-refractivity contribution in [2.45, 2.75) is 44.3 Å². The van der Waals surface area contributed by atoms with Crippen LogP contribution >= 0.6 is 23.1 Å². The monoisotopic (exact) mass is 313 g/mol. The van der Waals surface area contributed by atoms with Crippen LogP contribution in [0.1, 0.15) is 38.4 Å². The molecule has 0 bridgehead atoms. The van der Waals surface area contributed by atoms with Crippen LogP contribution in [0.15, 0.2) is 0 Å². The molecular weight excluding hydrogens is 299 g/mol. The third kappa shape index (κ3) is 3.51. The van der Waals surface area contributed by atoms with E-state index in [9.17, 15) is 13.2 Å². The Bertz CT molecular complexity index is 427. The van der Waals surface area contributed by atoms with E-state index >= 15 is 0 Å². The first kappa shape index (κ1) is 14.8. The summed E-state index contributed by atoms with van der Waals surface area (Å²) in [6, 6.07) is 0. The van der Waals surface area contributed by atoms with Crippen molar-refractivity contribution in [1.29, 1.82) is 0 Å². The molecule has 19 heavy (non-hydrogen) atoms. The van der Waals surface area contributed by atoms with Crippen LogP contribution in [0, 0.1) is 5.92 Å². The fourth-order valence-corrected chi connectivity index (χ4v) is 3.26. The maximum atomic E-state index is 12.4. The Labute approximate surface area is 118 Å². The molecule has 0 unspecified atom stereocenters. The second-order valence-electron chi connectivity index (χ2n) is 5.14. The van der Waals surface area contributed by atoms with Gasteiger partial charge in [-0.3, -0.25) is 0 Å². The van der Waals surface area contributed by atoms with Crippen molar-refractivity contribution in [3.8, 4) is 0 Å². The zero-order valence-corrected chi connectivity index (χ0v) is 12.0. The minimum Gasteiger partial charge on any atom is -0.354 e. The highest BCUT2D eigenvalue weighted by Crippen LogP contribution is 2.37. The van der Waals surface area contributed by atoms with Gasteiger partial charge in [0, 0.05) is 17.4 Å². The Hall–Kier alpha value is -0.560. The number of hydrogen-bond donors (Lipinski definition) is 1. The summed E-state index contributed by atoms with van der Waals surface area (Å²) in [5, 5.41) is 3.27. The first-order valence-corrected chi connectivity index (χ1v) is 7.40. The van der Waals surface area contributed by atoms with E-state index in [0.717, 1.165) is 37.2 Å². The number of nitrogens with one attached hydrogen (secondary N) is 1. The average Bonchev–Trinajstić information content (AvgIpc) is 2.81. The van der Waals surface area contributed by atoms with Gasteiger partial charge in [-0.05, 0) is 31.6 Å². The third-order valence-corrected chi connectivity index (χ3v) is 4.68. The highest BCUT2D eigenvalue weighted by Gasteiger charge is 2.38. The summed E-state index contributed by atoms with van der Waals surface area (Å²) in [7, 11) is 0. The highest BCUT2D eigenvalue weighted by molar-refractivity contribution is 7.09. The minimum absolute atomic E-state index is 0.197. The van der Waals surface area contributed by atoms with E-state index in [1.54, 1.807) is 0 Å². The predicted octanol–water partition coefficient (Wildman–Crippen LogP) is 4.16. The predicted molar refractivity (Wildman–Crippen MR) is 69.6 cm³/mol. The molecule has 1 aromatic rings. The zero-order valence-electron chi connectivity index (χ0n) is 10.4. The van der Waals surface area contributed by atoms with Gasteiger partial charge in [-0.15, -0.1) is 11.6 Å². The van der Waals surface area contributed by atoms with Crippen molar-refractivity contribution >= 4 is 28.3 Å². The van der Waals surface area contributed by atoms with Gasteiger partial charge >= 0.3 is 6.18 Å². The molecule has 108 valence electrons. The minimum atomic E-state index is -4.49. The second kappa shape index (κ2) is 5.44. The standard InChI is InChI=1S/C11H15ClF3N3S/c1-7-2-4-10(6-12,5-3-7)17-9-16-8(18-19-9)11(13,14)15/h7H,2-6H2,1H3,(H,16,17,18). The lowest BCUT2D eigenvalue weighted by molar-refractivity contribution is -0.144. The SMILES string of the molecule is CC1CCC(CCl)(Nc2nc(C(F)(F)F)ns2)CC1. The van der Waals surface area contributed by atoms with Crippen LogP contribution in [-0.4, -0.2) is 20.8 Å². The summed E-state index contributed by atoms with van der Waals surface area (Å²) in [6.45, 7) is 2.17. The van der Waals surface area contributed by atoms with E-state index in [-0.39, 0.29) is 10.7 Å². The quantitative estimate of drug-likeness (QED) is 0.852. The number of hydrogen-bond acceptors (Lipinski definition) is 4. The molecule has 2 rings (SSSR count). The first-order valence-electron chi connectivity index (χ1n) is 6.10. The van der Waals surface area contributed by atoms with Crippen LogP contribution in [0.2, 0.25) is 0 Å². The molecule has 1 aliphatic carbocycles. The van der Waals surface area contributed by atoms with Crippen LogP contribution in [-0.2, 0) is 6.18 Å². The molecule has 0 aromatic carbocycles. The van der Waals surface area contributed by atoms with E-state index in [0.29, 0.717) is 11.8 Å². The van der Waals surface area contributed by atoms with Crippen molar-refractivity contribution in [2.24, 2.45) is 5.92 Å². The van der Waals surface area contributed by atoms with Gasteiger partial charge in [0.25, 0.3) is 0 Å². The van der Waals surface area contributed by atoms with Crippen molar-refractivity contribution in [1.82, 2.24) is 9.36 Å². The molecule has 1 aliphatic rings. The Kier molecular flexibility index (Phi) is 4.25. The van der Waals surface area contributed by atoms with Crippen LogP contribution in [0.5, 0.6) is 0 Å². The normalized spacial score (nSPS) is 28.4. The van der Waals surface area contributed by atoms with Gasteiger partial charge in [0.05, 0.1) is 5.54 Å².